The Bertz CT molecular complexity index is 799. The Morgan fingerprint density at radius 2 is 1.93 bits per heavy atom. The normalized spacial score (nSPS) is 45.1. The maximum absolute atomic E-state index is 13.0. The fourth-order valence-corrected chi connectivity index (χ4v) is 7.94. The van der Waals surface area contributed by atoms with Gasteiger partial charge in [-0.3, -0.25) is 14.4 Å². The molecule has 1 N–H and O–H groups in total. The molecular weight excluding hydrogens is 380 g/mol. The Morgan fingerprint density at radius 3 is 2.60 bits per heavy atom. The lowest BCUT2D eigenvalue weighted by molar-refractivity contribution is -0.200. The van der Waals surface area contributed by atoms with Crippen molar-refractivity contribution in [3.8, 4) is 0 Å². The quantitative estimate of drug-likeness (QED) is 0.696. The van der Waals surface area contributed by atoms with E-state index in [2.05, 4.69) is 13.8 Å². The van der Waals surface area contributed by atoms with Gasteiger partial charge in [-0.2, -0.15) is 0 Å². The van der Waals surface area contributed by atoms with E-state index in [0.717, 1.165) is 25.7 Å². The van der Waals surface area contributed by atoms with Crippen LogP contribution in [0.3, 0.4) is 0 Å². The molecule has 0 saturated heterocycles. The number of carbonyl (C=O) groups excluding carboxylic acids is 3. The zero-order valence-corrected chi connectivity index (χ0v) is 18.8. The molecule has 0 spiro atoms. The Balaban J connectivity index is 1.71. The van der Waals surface area contributed by atoms with Gasteiger partial charge in [0.05, 0.1) is 6.10 Å². The monoisotopic (exact) mass is 416 g/mol. The van der Waals surface area contributed by atoms with Gasteiger partial charge < -0.3 is 9.84 Å². The van der Waals surface area contributed by atoms with Crippen LogP contribution in [0.1, 0.15) is 85.5 Å². The number of hydrogen-bond acceptors (Lipinski definition) is 5. The molecule has 4 aliphatic carbocycles. The highest BCUT2D eigenvalue weighted by Gasteiger charge is 2.69. The maximum Gasteiger partial charge on any atom is 0.306 e. The van der Waals surface area contributed by atoms with Crippen molar-refractivity contribution in [1.29, 1.82) is 0 Å². The molecule has 0 aromatic carbocycles. The van der Waals surface area contributed by atoms with Crippen LogP contribution < -0.4 is 0 Å². The van der Waals surface area contributed by atoms with Crippen molar-refractivity contribution in [2.24, 2.45) is 28.6 Å². The molecule has 0 heterocycles. The van der Waals surface area contributed by atoms with E-state index in [1.54, 1.807) is 6.92 Å². The van der Waals surface area contributed by atoms with Crippen molar-refractivity contribution >= 4 is 17.5 Å². The average Bonchev–Trinajstić information content (AvgIpc) is 2.95. The number of esters is 1. The number of fused-ring (bicyclic) bond motifs is 5. The summed E-state index contributed by atoms with van der Waals surface area (Å²) in [6.07, 6.45) is 7.27. The summed E-state index contributed by atoms with van der Waals surface area (Å²) < 4.78 is 5.99. The molecule has 3 saturated carbocycles. The first-order valence-electron chi connectivity index (χ1n) is 11.7. The summed E-state index contributed by atoms with van der Waals surface area (Å²) >= 11 is 0. The van der Waals surface area contributed by atoms with Crippen molar-refractivity contribution in [2.75, 3.05) is 0 Å². The smallest absolute Gasteiger partial charge is 0.306 e. The summed E-state index contributed by atoms with van der Waals surface area (Å²) in [5.74, 6) is 0.417. The summed E-state index contributed by atoms with van der Waals surface area (Å²) in [5.41, 5.74) is -0.633. The summed E-state index contributed by atoms with van der Waals surface area (Å²) in [6.45, 7) is 7.77. The standard InChI is InChI=1S/C25H36O5/c1-5-6-21(29)30-25(15(2)26)12-10-19-18-8-7-16-13-17(27)9-11-23(16,3)22(18)20(28)14-24(19,25)4/h13,18-20,22,28H,5-12,14H2,1-4H3/t18-,19-,20-,22+,23-,24-,25-/m0/s1. The van der Waals surface area contributed by atoms with Gasteiger partial charge in [0.15, 0.2) is 17.2 Å². The lowest BCUT2D eigenvalue weighted by Gasteiger charge is -2.60. The first kappa shape index (κ1) is 21.7. The van der Waals surface area contributed by atoms with Crippen LogP contribution in [-0.2, 0) is 19.1 Å². The minimum absolute atomic E-state index is 0.0894. The summed E-state index contributed by atoms with van der Waals surface area (Å²) in [4.78, 5) is 37.5. The summed E-state index contributed by atoms with van der Waals surface area (Å²) in [5, 5.41) is 11.5. The lowest BCUT2D eigenvalue weighted by atomic mass is 9.45. The molecule has 3 fully saturated rings. The van der Waals surface area contributed by atoms with E-state index < -0.39 is 17.1 Å². The van der Waals surface area contributed by atoms with E-state index in [1.807, 2.05) is 13.0 Å². The number of hydrogen-bond donors (Lipinski definition) is 1. The number of allylic oxidation sites excluding steroid dienone is 1. The second kappa shape index (κ2) is 7.29. The second-order valence-corrected chi connectivity index (χ2v) is 10.7. The third kappa shape index (κ3) is 2.87. The summed E-state index contributed by atoms with van der Waals surface area (Å²) in [6, 6.07) is 0. The number of Topliss-reactive ketones (excluding diaryl/α,β-unsaturated/α-hetero) is 1. The number of rotatable bonds is 4. The molecule has 5 heteroatoms. The fourth-order valence-electron chi connectivity index (χ4n) is 7.94. The molecule has 0 aromatic rings. The minimum Gasteiger partial charge on any atom is -0.450 e. The molecule has 0 aliphatic heterocycles. The molecule has 0 amide bonds. The third-order valence-corrected chi connectivity index (χ3v) is 9.33. The first-order valence-corrected chi connectivity index (χ1v) is 11.7. The van der Waals surface area contributed by atoms with Gasteiger partial charge in [0.1, 0.15) is 0 Å². The van der Waals surface area contributed by atoms with Crippen LogP contribution in [0.15, 0.2) is 11.6 Å². The van der Waals surface area contributed by atoms with Gasteiger partial charge in [-0.1, -0.05) is 26.3 Å². The van der Waals surface area contributed by atoms with E-state index in [0.29, 0.717) is 32.1 Å². The van der Waals surface area contributed by atoms with Crippen molar-refractivity contribution in [2.45, 2.75) is 97.2 Å². The zero-order valence-electron chi connectivity index (χ0n) is 18.8. The van der Waals surface area contributed by atoms with Gasteiger partial charge in [-0.15, -0.1) is 0 Å². The van der Waals surface area contributed by atoms with Gasteiger partial charge >= 0.3 is 5.97 Å². The van der Waals surface area contributed by atoms with Gasteiger partial charge in [0.25, 0.3) is 0 Å². The van der Waals surface area contributed by atoms with E-state index >= 15 is 0 Å². The Morgan fingerprint density at radius 1 is 1.20 bits per heavy atom. The van der Waals surface area contributed by atoms with Crippen molar-refractivity contribution in [1.82, 2.24) is 0 Å². The number of aliphatic hydroxyl groups excluding tert-OH is 1. The number of carbonyl (C=O) groups is 3. The molecule has 4 aliphatic rings. The van der Waals surface area contributed by atoms with Crippen LogP contribution in [0.4, 0.5) is 0 Å². The summed E-state index contributed by atoms with van der Waals surface area (Å²) in [7, 11) is 0. The second-order valence-electron chi connectivity index (χ2n) is 10.7. The van der Waals surface area contributed by atoms with E-state index in [4.69, 9.17) is 4.74 Å². The third-order valence-electron chi connectivity index (χ3n) is 9.33. The van der Waals surface area contributed by atoms with Crippen LogP contribution in [0.2, 0.25) is 0 Å². The topological polar surface area (TPSA) is 80.7 Å². The SMILES string of the molecule is CCCC(=O)O[C@]1(C(C)=O)CC[C@H]2[C@@H]3CCC4=CC(=O)CC[C@]4(C)[C@H]3[C@@H](O)C[C@@]21C. The molecule has 4 rings (SSSR count). The zero-order chi connectivity index (χ0) is 21.9. The highest BCUT2D eigenvalue weighted by Crippen LogP contribution is 2.68. The van der Waals surface area contributed by atoms with Crippen molar-refractivity contribution in [3.05, 3.63) is 11.6 Å². The van der Waals surface area contributed by atoms with E-state index in [9.17, 15) is 19.5 Å². The first-order chi connectivity index (χ1) is 14.1. The number of ether oxygens (including phenoxy) is 1. The highest BCUT2D eigenvalue weighted by molar-refractivity contribution is 5.92. The molecule has 0 unspecified atom stereocenters. The van der Waals surface area contributed by atoms with Crippen LogP contribution >= 0.6 is 0 Å². The van der Waals surface area contributed by atoms with Crippen LogP contribution in [0.5, 0.6) is 0 Å². The van der Waals surface area contributed by atoms with Crippen molar-refractivity contribution < 1.29 is 24.2 Å². The van der Waals surface area contributed by atoms with Gasteiger partial charge in [0, 0.05) is 18.3 Å². The molecule has 7 atom stereocenters. The molecular formula is C25H36O5. The van der Waals surface area contributed by atoms with E-state index in [1.165, 1.54) is 5.57 Å². The van der Waals surface area contributed by atoms with Gasteiger partial charge in [0.2, 0.25) is 0 Å². The highest BCUT2D eigenvalue weighted by atomic mass is 16.6. The molecule has 0 bridgehead atoms. The number of aliphatic hydroxyl groups is 1. The van der Waals surface area contributed by atoms with Gasteiger partial charge in [-0.25, -0.2) is 0 Å². The Kier molecular flexibility index (Phi) is 5.28. The van der Waals surface area contributed by atoms with Crippen LogP contribution in [0.25, 0.3) is 0 Å². The van der Waals surface area contributed by atoms with Crippen LogP contribution in [0, 0.1) is 28.6 Å². The predicted molar refractivity (Wildman–Crippen MR) is 113 cm³/mol. The maximum atomic E-state index is 13.0. The van der Waals surface area contributed by atoms with Crippen molar-refractivity contribution in [3.63, 3.8) is 0 Å². The molecule has 166 valence electrons. The van der Waals surface area contributed by atoms with Crippen LogP contribution in [-0.4, -0.2) is 34.3 Å². The van der Waals surface area contributed by atoms with E-state index in [-0.39, 0.29) is 40.7 Å². The molecule has 30 heavy (non-hydrogen) atoms. The Labute approximate surface area is 179 Å². The molecule has 0 radical (unpaired) electrons. The molecule has 5 nitrogen and oxygen atoms in total. The minimum atomic E-state index is -1.13. The average molecular weight is 417 g/mol. The lowest BCUT2D eigenvalue weighted by Crippen LogP contribution is -2.62. The molecule has 0 aromatic heterocycles. The fraction of sp³-hybridized carbons (Fsp3) is 0.800. The van der Waals surface area contributed by atoms with Gasteiger partial charge in [-0.05, 0) is 81.1 Å². The predicted octanol–water partition coefficient (Wildman–Crippen LogP) is 4.16. The largest absolute Gasteiger partial charge is 0.450 e. The number of ketones is 2. The Hall–Kier alpha value is -1.49.